The minimum atomic E-state index is -0.654. The van der Waals surface area contributed by atoms with Gasteiger partial charge in [0.1, 0.15) is 5.56 Å². The van der Waals surface area contributed by atoms with E-state index in [1.54, 1.807) is 12.1 Å². The predicted octanol–water partition coefficient (Wildman–Crippen LogP) is 4.16. The van der Waals surface area contributed by atoms with Crippen LogP contribution in [0.15, 0.2) is 63.9 Å². The molecule has 1 heterocycles. The summed E-state index contributed by atoms with van der Waals surface area (Å²) in [6, 6.07) is 16.5. The van der Waals surface area contributed by atoms with Crippen LogP contribution >= 0.6 is 0 Å². The molecule has 0 saturated heterocycles. The monoisotopic (exact) mass is 321 g/mol. The van der Waals surface area contributed by atoms with E-state index >= 15 is 0 Å². The largest absolute Gasteiger partial charge is 0.369 e. The normalized spacial score (nSPS) is 11.5. The lowest BCUT2D eigenvalue weighted by atomic mass is 9.86. The van der Waals surface area contributed by atoms with Crippen LogP contribution in [0.25, 0.3) is 11.3 Å². The fraction of sp³-hybridized carbons (Fsp3) is 0.200. The smallest absolute Gasteiger partial charge is 0.338 e. The number of hydrogen-bond donors (Lipinski definition) is 1. The molecule has 4 nitrogen and oxygen atoms in total. The zero-order chi connectivity index (χ0) is 17.3. The Bertz CT molecular complexity index is 910. The highest BCUT2D eigenvalue weighted by Crippen LogP contribution is 2.25. The molecule has 3 aromatic rings. The highest BCUT2D eigenvalue weighted by atomic mass is 16.5. The predicted molar refractivity (Wildman–Crippen MR) is 93.3 cm³/mol. The van der Waals surface area contributed by atoms with E-state index in [4.69, 9.17) is 4.52 Å². The Balaban J connectivity index is 2.03. The summed E-state index contributed by atoms with van der Waals surface area (Å²) in [4.78, 5) is 24.8. The molecule has 0 aliphatic rings. The number of aromatic amines is 1. The second kappa shape index (κ2) is 5.96. The van der Waals surface area contributed by atoms with E-state index in [9.17, 15) is 9.59 Å². The van der Waals surface area contributed by atoms with E-state index in [1.807, 2.05) is 42.5 Å². The summed E-state index contributed by atoms with van der Waals surface area (Å²) in [5.41, 5.74) is 2.12. The number of nitrogens with one attached hydrogen (secondary N) is 1. The molecule has 0 bridgehead atoms. The quantitative estimate of drug-likeness (QED) is 0.737. The van der Waals surface area contributed by atoms with Gasteiger partial charge in [0.05, 0.1) is 5.69 Å². The van der Waals surface area contributed by atoms with Gasteiger partial charge in [-0.3, -0.25) is 4.79 Å². The molecule has 122 valence electrons. The molecule has 0 amide bonds. The molecule has 0 radical (unpaired) electrons. The molecule has 0 aliphatic heterocycles. The molecule has 3 rings (SSSR count). The topological polar surface area (TPSA) is 63.1 Å². The van der Waals surface area contributed by atoms with Gasteiger partial charge in [0.15, 0.2) is 0 Å². The van der Waals surface area contributed by atoms with E-state index in [-0.39, 0.29) is 16.8 Å². The first-order valence-electron chi connectivity index (χ1n) is 7.80. The third kappa shape index (κ3) is 2.95. The van der Waals surface area contributed by atoms with Gasteiger partial charge in [0.25, 0.3) is 0 Å². The van der Waals surface area contributed by atoms with Crippen molar-refractivity contribution >= 4 is 5.78 Å². The van der Waals surface area contributed by atoms with Gasteiger partial charge >= 0.3 is 5.63 Å². The summed E-state index contributed by atoms with van der Waals surface area (Å²) in [5, 5.41) is 2.57. The number of hydrogen-bond acceptors (Lipinski definition) is 3. The lowest BCUT2D eigenvalue weighted by Gasteiger charge is -2.18. The maximum absolute atomic E-state index is 12.8. The Labute approximate surface area is 140 Å². The van der Waals surface area contributed by atoms with Crippen molar-refractivity contribution in [2.75, 3.05) is 0 Å². The van der Waals surface area contributed by atoms with Gasteiger partial charge in [0.2, 0.25) is 5.78 Å². The minimum Gasteiger partial charge on any atom is -0.338 e. The van der Waals surface area contributed by atoms with Crippen molar-refractivity contribution in [1.29, 1.82) is 0 Å². The van der Waals surface area contributed by atoms with Crippen LogP contribution in [0.5, 0.6) is 0 Å². The Morgan fingerprint density at radius 2 is 1.58 bits per heavy atom. The van der Waals surface area contributed by atoms with Crippen molar-refractivity contribution < 1.29 is 9.32 Å². The van der Waals surface area contributed by atoms with Crippen LogP contribution in [0.3, 0.4) is 0 Å². The van der Waals surface area contributed by atoms with Gasteiger partial charge in [-0.25, -0.2) is 9.95 Å². The number of H-pyrrole nitrogens is 1. The molecule has 0 fully saturated rings. The summed E-state index contributed by atoms with van der Waals surface area (Å²) in [6.07, 6.45) is 0. The summed E-state index contributed by atoms with van der Waals surface area (Å²) in [5.74, 6) is -0.343. The van der Waals surface area contributed by atoms with Gasteiger partial charge in [-0.15, -0.1) is 0 Å². The molecular weight excluding hydrogens is 302 g/mol. The van der Waals surface area contributed by atoms with Crippen molar-refractivity contribution in [3.05, 3.63) is 81.7 Å². The van der Waals surface area contributed by atoms with E-state index in [2.05, 4.69) is 25.9 Å². The summed E-state index contributed by atoms with van der Waals surface area (Å²) in [6.45, 7) is 6.33. The van der Waals surface area contributed by atoms with Crippen molar-refractivity contribution in [3.8, 4) is 11.3 Å². The Kier molecular flexibility index (Phi) is 3.97. The Morgan fingerprint density at radius 3 is 2.17 bits per heavy atom. The minimum absolute atomic E-state index is 0.00386. The molecule has 2 aromatic carbocycles. The van der Waals surface area contributed by atoms with Crippen molar-refractivity contribution in [2.24, 2.45) is 0 Å². The first-order chi connectivity index (χ1) is 11.4. The fourth-order valence-electron chi connectivity index (χ4n) is 2.58. The van der Waals surface area contributed by atoms with E-state index in [1.165, 1.54) is 0 Å². The van der Waals surface area contributed by atoms with Crippen LogP contribution in [-0.4, -0.2) is 10.9 Å². The number of rotatable bonds is 3. The second-order valence-corrected chi connectivity index (χ2v) is 6.76. The number of ketones is 1. The lowest BCUT2D eigenvalue weighted by molar-refractivity contribution is 0.103. The van der Waals surface area contributed by atoms with Gasteiger partial charge in [-0.05, 0) is 11.0 Å². The third-order valence-electron chi connectivity index (χ3n) is 4.00. The molecular formula is C20H19NO3. The first-order valence-corrected chi connectivity index (χ1v) is 7.80. The first kappa shape index (κ1) is 16.0. The van der Waals surface area contributed by atoms with Gasteiger partial charge in [-0.2, -0.15) is 0 Å². The van der Waals surface area contributed by atoms with Crippen LogP contribution in [0.4, 0.5) is 0 Å². The second-order valence-electron chi connectivity index (χ2n) is 6.76. The third-order valence-corrected chi connectivity index (χ3v) is 4.00. The molecule has 0 spiro atoms. The number of carbonyl (C=O) groups is 1. The Hall–Kier alpha value is -2.88. The van der Waals surface area contributed by atoms with Crippen molar-refractivity contribution in [2.45, 2.75) is 26.2 Å². The summed E-state index contributed by atoms with van der Waals surface area (Å²) in [7, 11) is 0. The van der Waals surface area contributed by atoms with E-state index in [0.29, 0.717) is 11.3 Å². The summed E-state index contributed by atoms with van der Waals surface area (Å²) < 4.78 is 4.87. The molecule has 0 atom stereocenters. The van der Waals surface area contributed by atoms with Crippen LogP contribution in [-0.2, 0) is 5.41 Å². The molecule has 0 saturated carbocycles. The molecule has 4 heteroatoms. The van der Waals surface area contributed by atoms with Gasteiger partial charge < -0.3 is 4.52 Å². The highest BCUT2D eigenvalue weighted by molar-refractivity contribution is 6.12. The lowest BCUT2D eigenvalue weighted by Crippen LogP contribution is -2.14. The zero-order valence-electron chi connectivity index (χ0n) is 13.9. The van der Waals surface area contributed by atoms with Crippen molar-refractivity contribution in [1.82, 2.24) is 5.16 Å². The maximum Gasteiger partial charge on any atom is 0.369 e. The Morgan fingerprint density at radius 1 is 0.958 bits per heavy atom. The average Bonchev–Trinajstić information content (AvgIpc) is 2.96. The SMILES string of the molecule is CC(C)(C)c1ccc(C(=O)c2c(-c3ccccc3)[nH]oc2=O)cc1. The zero-order valence-corrected chi connectivity index (χ0v) is 13.9. The van der Waals surface area contributed by atoms with Crippen LogP contribution in [0, 0.1) is 0 Å². The van der Waals surface area contributed by atoms with Gasteiger partial charge in [0, 0.05) is 11.1 Å². The number of aromatic nitrogens is 1. The van der Waals surface area contributed by atoms with Crippen molar-refractivity contribution in [3.63, 3.8) is 0 Å². The molecule has 0 aliphatic carbocycles. The van der Waals surface area contributed by atoms with Crippen LogP contribution in [0.1, 0.15) is 42.3 Å². The van der Waals surface area contributed by atoms with E-state index < -0.39 is 5.63 Å². The molecule has 1 N–H and O–H groups in total. The standard InChI is InChI=1S/C20H19NO3/c1-20(2,3)15-11-9-14(10-12-15)18(22)16-17(21-24-19(16)23)13-7-5-4-6-8-13/h4-12,21H,1-3H3. The average molecular weight is 321 g/mol. The number of carbonyl (C=O) groups excluding carboxylic acids is 1. The fourth-order valence-corrected chi connectivity index (χ4v) is 2.58. The highest BCUT2D eigenvalue weighted by Gasteiger charge is 2.23. The van der Waals surface area contributed by atoms with Crippen LogP contribution < -0.4 is 5.63 Å². The maximum atomic E-state index is 12.8. The van der Waals surface area contributed by atoms with Gasteiger partial charge in [-0.1, -0.05) is 75.4 Å². The molecule has 1 aromatic heterocycles. The number of benzene rings is 2. The summed E-state index contributed by atoms with van der Waals surface area (Å²) >= 11 is 0. The van der Waals surface area contributed by atoms with E-state index in [0.717, 1.165) is 11.1 Å². The molecule has 0 unspecified atom stereocenters. The van der Waals surface area contributed by atoms with Crippen LogP contribution in [0.2, 0.25) is 0 Å². The molecule has 24 heavy (non-hydrogen) atoms.